The van der Waals surface area contributed by atoms with Crippen LogP contribution >= 0.6 is 0 Å². The van der Waals surface area contributed by atoms with E-state index in [1.807, 2.05) is 27.3 Å². The maximum absolute atomic E-state index is 13.5. The fraction of sp³-hybridized carbons (Fsp3) is 0.708. The molecule has 2 fully saturated rings. The molecule has 1 amide bonds. The third-order valence-corrected chi connectivity index (χ3v) is 7.45. The Bertz CT molecular complexity index is 708. The molecule has 1 N–H and O–H groups in total. The first-order chi connectivity index (χ1) is 14.3. The van der Waals surface area contributed by atoms with Crippen LogP contribution in [0.4, 0.5) is 5.69 Å². The fourth-order valence-electron chi connectivity index (χ4n) is 5.25. The molecule has 0 unspecified atom stereocenters. The van der Waals surface area contributed by atoms with Crippen molar-refractivity contribution in [2.75, 3.05) is 59.2 Å². The van der Waals surface area contributed by atoms with Gasteiger partial charge < -0.3 is 15.0 Å². The highest BCUT2D eigenvalue weighted by atomic mass is 16.5. The predicted octanol–water partition coefficient (Wildman–Crippen LogP) is 2.75. The van der Waals surface area contributed by atoms with Crippen LogP contribution in [0, 0.1) is 13.8 Å². The van der Waals surface area contributed by atoms with Crippen LogP contribution in [0.15, 0.2) is 18.2 Å². The van der Waals surface area contributed by atoms with Gasteiger partial charge in [0.2, 0.25) is 5.91 Å². The van der Waals surface area contributed by atoms with Crippen molar-refractivity contribution in [2.45, 2.75) is 57.7 Å². The van der Waals surface area contributed by atoms with Crippen molar-refractivity contribution in [3.8, 4) is 0 Å². The summed E-state index contributed by atoms with van der Waals surface area (Å²) < 4.78 is 5.87. The zero-order valence-electron chi connectivity index (χ0n) is 19.7. The van der Waals surface area contributed by atoms with Crippen LogP contribution in [0.5, 0.6) is 0 Å². The number of piperidine rings is 2. The summed E-state index contributed by atoms with van der Waals surface area (Å²) in [4.78, 5) is 20.7. The molecule has 0 aliphatic carbocycles. The normalized spacial score (nSPS) is 25.4. The highest BCUT2D eigenvalue weighted by molar-refractivity contribution is 5.99. The van der Waals surface area contributed by atoms with Gasteiger partial charge in [-0.15, -0.1) is 0 Å². The number of likely N-dealkylation sites (tertiary alicyclic amines) is 2. The standard InChI is InChI=1S/C24H40N4O2/c1-7-27-14-11-20(21(17-27)30-6)28-15-12-24(13-16-28,26(4)5)23(29)25-22-18(2)9-8-10-19(22)3/h8-10,20-21H,7,11-17H2,1-6H3,(H,25,29)/t20-,21+/m1/s1. The van der Waals surface area contributed by atoms with E-state index in [9.17, 15) is 4.79 Å². The third-order valence-electron chi connectivity index (χ3n) is 7.45. The molecule has 3 rings (SSSR count). The monoisotopic (exact) mass is 416 g/mol. The first kappa shape index (κ1) is 23.2. The van der Waals surface area contributed by atoms with Crippen molar-refractivity contribution in [3.63, 3.8) is 0 Å². The first-order valence-electron chi connectivity index (χ1n) is 11.4. The Labute approximate surface area is 182 Å². The van der Waals surface area contributed by atoms with Gasteiger partial charge >= 0.3 is 0 Å². The number of methoxy groups -OCH3 is 1. The fourth-order valence-corrected chi connectivity index (χ4v) is 5.25. The number of ether oxygens (including phenoxy) is 1. The Balaban J connectivity index is 1.70. The summed E-state index contributed by atoms with van der Waals surface area (Å²) in [5.74, 6) is 0.119. The number of anilines is 1. The molecule has 1 aromatic rings. The van der Waals surface area contributed by atoms with E-state index in [1.54, 1.807) is 0 Å². The molecule has 6 nitrogen and oxygen atoms in total. The molecule has 168 valence electrons. The van der Waals surface area contributed by atoms with Crippen LogP contribution in [0.2, 0.25) is 0 Å². The second-order valence-electron chi connectivity index (χ2n) is 9.21. The molecule has 1 aromatic carbocycles. The molecular weight excluding hydrogens is 376 g/mol. The van der Waals surface area contributed by atoms with Gasteiger partial charge in [0.15, 0.2) is 0 Å². The zero-order chi connectivity index (χ0) is 21.9. The number of amides is 1. The number of para-hydroxylation sites is 1. The largest absolute Gasteiger partial charge is 0.378 e. The summed E-state index contributed by atoms with van der Waals surface area (Å²) in [6.07, 6.45) is 3.05. The van der Waals surface area contributed by atoms with Crippen molar-refractivity contribution in [3.05, 3.63) is 29.3 Å². The predicted molar refractivity (Wildman–Crippen MR) is 123 cm³/mol. The Kier molecular flexibility index (Phi) is 7.56. The second-order valence-corrected chi connectivity index (χ2v) is 9.21. The number of aryl methyl sites for hydroxylation is 2. The van der Waals surface area contributed by atoms with Gasteiger partial charge in [-0.25, -0.2) is 0 Å². The van der Waals surface area contributed by atoms with Crippen LogP contribution < -0.4 is 5.32 Å². The Hall–Kier alpha value is -1.47. The van der Waals surface area contributed by atoms with Crippen molar-refractivity contribution in [1.29, 1.82) is 0 Å². The Morgan fingerprint density at radius 2 is 1.83 bits per heavy atom. The van der Waals surface area contributed by atoms with Crippen LogP contribution in [0.3, 0.4) is 0 Å². The summed E-state index contributed by atoms with van der Waals surface area (Å²) in [7, 11) is 5.91. The van der Waals surface area contributed by atoms with Gasteiger partial charge in [-0.3, -0.25) is 14.6 Å². The second kappa shape index (κ2) is 9.77. The smallest absolute Gasteiger partial charge is 0.244 e. The van der Waals surface area contributed by atoms with Gasteiger partial charge in [0, 0.05) is 38.5 Å². The van der Waals surface area contributed by atoms with Crippen molar-refractivity contribution in [2.24, 2.45) is 0 Å². The number of hydrogen-bond donors (Lipinski definition) is 1. The molecular formula is C24H40N4O2. The van der Waals surface area contributed by atoms with E-state index in [4.69, 9.17) is 4.74 Å². The van der Waals surface area contributed by atoms with E-state index in [1.165, 1.54) is 0 Å². The lowest BCUT2D eigenvalue weighted by molar-refractivity contribution is -0.131. The lowest BCUT2D eigenvalue weighted by Crippen LogP contribution is -2.63. The molecule has 2 aliphatic heterocycles. The van der Waals surface area contributed by atoms with Crippen molar-refractivity contribution in [1.82, 2.24) is 14.7 Å². The van der Waals surface area contributed by atoms with Gasteiger partial charge in [-0.05, 0) is 71.4 Å². The zero-order valence-corrected chi connectivity index (χ0v) is 19.7. The van der Waals surface area contributed by atoms with Gasteiger partial charge in [-0.2, -0.15) is 0 Å². The van der Waals surface area contributed by atoms with Gasteiger partial charge in [-0.1, -0.05) is 25.1 Å². The number of hydrogen-bond acceptors (Lipinski definition) is 5. The quantitative estimate of drug-likeness (QED) is 0.773. The minimum Gasteiger partial charge on any atom is -0.378 e. The molecule has 2 heterocycles. The van der Waals surface area contributed by atoms with E-state index in [2.05, 4.69) is 52.9 Å². The number of nitrogens with zero attached hydrogens (tertiary/aromatic N) is 3. The molecule has 0 saturated carbocycles. The number of carbonyl (C=O) groups excluding carboxylic acids is 1. The highest BCUT2D eigenvalue weighted by Gasteiger charge is 2.46. The van der Waals surface area contributed by atoms with E-state index in [0.717, 1.165) is 68.8 Å². The SMILES string of the molecule is CCN1CC[C@@H](N2CCC(C(=O)Nc3c(C)cccc3C)(N(C)C)CC2)[C@@H](OC)C1. The van der Waals surface area contributed by atoms with Gasteiger partial charge in [0.1, 0.15) is 5.54 Å². The van der Waals surface area contributed by atoms with E-state index in [0.29, 0.717) is 6.04 Å². The maximum Gasteiger partial charge on any atom is 0.244 e. The average Bonchev–Trinajstić information content (AvgIpc) is 2.75. The lowest BCUT2D eigenvalue weighted by Gasteiger charge is -2.49. The molecule has 0 bridgehead atoms. The van der Waals surface area contributed by atoms with Crippen molar-refractivity contribution < 1.29 is 9.53 Å². The first-order valence-corrected chi connectivity index (χ1v) is 11.4. The van der Waals surface area contributed by atoms with Crippen LogP contribution in [0.1, 0.15) is 37.3 Å². The number of nitrogens with one attached hydrogen (secondary N) is 1. The number of carbonyl (C=O) groups is 1. The number of benzene rings is 1. The third kappa shape index (κ3) is 4.57. The van der Waals surface area contributed by atoms with E-state index >= 15 is 0 Å². The molecule has 2 atom stereocenters. The summed E-state index contributed by atoms with van der Waals surface area (Å²) in [5, 5.41) is 3.27. The minimum absolute atomic E-state index is 0.119. The molecule has 0 spiro atoms. The van der Waals surface area contributed by atoms with E-state index in [-0.39, 0.29) is 12.0 Å². The van der Waals surface area contributed by atoms with Crippen LogP contribution in [-0.4, -0.2) is 92.2 Å². The Morgan fingerprint density at radius 3 is 2.37 bits per heavy atom. The molecule has 30 heavy (non-hydrogen) atoms. The average molecular weight is 417 g/mol. The summed E-state index contributed by atoms with van der Waals surface area (Å²) in [5.41, 5.74) is 2.70. The molecule has 0 radical (unpaired) electrons. The van der Waals surface area contributed by atoms with Crippen molar-refractivity contribution >= 4 is 11.6 Å². The van der Waals surface area contributed by atoms with Gasteiger partial charge in [0.25, 0.3) is 0 Å². The topological polar surface area (TPSA) is 48.0 Å². The molecule has 2 aliphatic rings. The maximum atomic E-state index is 13.5. The molecule has 6 heteroatoms. The summed E-state index contributed by atoms with van der Waals surface area (Å²) >= 11 is 0. The summed E-state index contributed by atoms with van der Waals surface area (Å²) in [6.45, 7) is 11.4. The molecule has 0 aromatic heterocycles. The summed E-state index contributed by atoms with van der Waals surface area (Å²) in [6, 6.07) is 6.60. The lowest BCUT2D eigenvalue weighted by atomic mass is 9.83. The number of likely N-dealkylation sites (N-methyl/N-ethyl adjacent to an activating group) is 2. The highest BCUT2D eigenvalue weighted by Crippen LogP contribution is 2.33. The number of rotatable bonds is 6. The van der Waals surface area contributed by atoms with Gasteiger partial charge in [0.05, 0.1) is 6.10 Å². The Morgan fingerprint density at radius 1 is 1.20 bits per heavy atom. The van der Waals surface area contributed by atoms with E-state index < -0.39 is 5.54 Å². The van der Waals surface area contributed by atoms with Crippen LogP contribution in [-0.2, 0) is 9.53 Å². The van der Waals surface area contributed by atoms with Crippen LogP contribution in [0.25, 0.3) is 0 Å². The molecule has 2 saturated heterocycles. The minimum atomic E-state index is -0.474.